The Morgan fingerprint density at radius 2 is 2.40 bits per heavy atom. The number of nitrogens with one attached hydrogen (secondary N) is 2. The summed E-state index contributed by atoms with van der Waals surface area (Å²) in [4.78, 5) is 7.85. The highest BCUT2D eigenvalue weighted by atomic mass is 15.3. The Kier molecular flexibility index (Phi) is 1.75. The highest BCUT2D eigenvalue weighted by Crippen LogP contribution is 1.87. The highest BCUT2D eigenvalue weighted by Gasteiger charge is 2.09. The predicted octanol–water partition coefficient (Wildman–Crippen LogP) is -1.17. The minimum Gasteiger partial charge on any atom is -0.370 e. The lowest BCUT2D eigenvalue weighted by atomic mass is 10.5. The van der Waals surface area contributed by atoms with Crippen molar-refractivity contribution in [3.63, 3.8) is 0 Å². The van der Waals surface area contributed by atoms with Gasteiger partial charge in [-0.2, -0.15) is 0 Å². The molecule has 0 aromatic heterocycles. The van der Waals surface area contributed by atoms with Crippen LogP contribution in [0.15, 0.2) is 9.98 Å². The van der Waals surface area contributed by atoms with E-state index in [9.17, 15) is 0 Å². The van der Waals surface area contributed by atoms with Gasteiger partial charge in [-0.05, 0) is 6.92 Å². The van der Waals surface area contributed by atoms with Crippen molar-refractivity contribution in [1.29, 1.82) is 0 Å². The van der Waals surface area contributed by atoms with E-state index in [2.05, 4.69) is 20.6 Å². The summed E-state index contributed by atoms with van der Waals surface area (Å²) >= 11 is 0. The molecule has 0 aromatic carbocycles. The van der Waals surface area contributed by atoms with E-state index in [4.69, 9.17) is 5.73 Å². The molecule has 0 spiro atoms. The average Bonchev–Trinajstić information content (AvgIpc) is 1.85. The van der Waals surface area contributed by atoms with Crippen molar-refractivity contribution >= 4 is 11.9 Å². The van der Waals surface area contributed by atoms with E-state index in [1.54, 1.807) is 7.05 Å². The third-order valence-electron chi connectivity index (χ3n) is 1.15. The summed E-state index contributed by atoms with van der Waals surface area (Å²) in [6, 6.07) is 0. The second kappa shape index (κ2) is 2.55. The second-order valence-electron chi connectivity index (χ2n) is 2.03. The van der Waals surface area contributed by atoms with E-state index in [0.717, 1.165) is 0 Å². The van der Waals surface area contributed by atoms with E-state index in [0.29, 0.717) is 11.9 Å². The number of hydrogen-bond acceptors (Lipinski definition) is 3. The quantitative estimate of drug-likeness (QED) is 0.398. The van der Waals surface area contributed by atoms with Crippen LogP contribution in [0, 0.1) is 0 Å². The molecule has 0 bridgehead atoms. The molecular weight excluding hydrogens is 130 g/mol. The van der Waals surface area contributed by atoms with Crippen molar-refractivity contribution in [1.82, 2.24) is 10.6 Å². The van der Waals surface area contributed by atoms with Gasteiger partial charge in [-0.15, -0.1) is 0 Å². The van der Waals surface area contributed by atoms with Crippen molar-refractivity contribution in [2.75, 3.05) is 7.05 Å². The molecule has 0 fully saturated rings. The topological polar surface area (TPSA) is 74.8 Å². The van der Waals surface area contributed by atoms with Gasteiger partial charge in [0.05, 0.1) is 0 Å². The van der Waals surface area contributed by atoms with Crippen LogP contribution in [0.5, 0.6) is 0 Å². The molecule has 0 aliphatic carbocycles. The maximum Gasteiger partial charge on any atom is 0.199 e. The van der Waals surface area contributed by atoms with Gasteiger partial charge in [0, 0.05) is 7.05 Å². The van der Waals surface area contributed by atoms with E-state index >= 15 is 0 Å². The van der Waals surface area contributed by atoms with Gasteiger partial charge in [0.2, 0.25) is 0 Å². The smallest absolute Gasteiger partial charge is 0.199 e. The Hall–Kier alpha value is -1.26. The fourth-order valence-electron chi connectivity index (χ4n) is 0.749. The molecule has 1 aliphatic heterocycles. The molecule has 4 N–H and O–H groups in total. The van der Waals surface area contributed by atoms with Crippen LogP contribution in [0.3, 0.4) is 0 Å². The normalized spacial score (nSPS) is 28.8. The van der Waals surface area contributed by atoms with Crippen molar-refractivity contribution in [3.8, 4) is 0 Å². The van der Waals surface area contributed by atoms with Crippen LogP contribution in [0.4, 0.5) is 0 Å². The Bertz CT molecular complexity index is 182. The van der Waals surface area contributed by atoms with Gasteiger partial charge in [-0.3, -0.25) is 10.3 Å². The van der Waals surface area contributed by atoms with Gasteiger partial charge >= 0.3 is 0 Å². The molecule has 0 saturated carbocycles. The summed E-state index contributed by atoms with van der Waals surface area (Å²) in [6.07, 6.45) is 0.0138. The SMILES string of the molecule is CN=C1NC(N)=NC(C)N1. The molecule has 5 heteroatoms. The van der Waals surface area contributed by atoms with Gasteiger partial charge in [0.25, 0.3) is 0 Å². The van der Waals surface area contributed by atoms with Crippen LogP contribution in [0.25, 0.3) is 0 Å². The molecule has 1 unspecified atom stereocenters. The monoisotopic (exact) mass is 141 g/mol. The lowest BCUT2D eigenvalue weighted by Crippen LogP contribution is -2.52. The summed E-state index contributed by atoms with van der Waals surface area (Å²) in [5.74, 6) is 1.08. The van der Waals surface area contributed by atoms with Crippen LogP contribution < -0.4 is 16.4 Å². The van der Waals surface area contributed by atoms with Gasteiger partial charge in [-0.1, -0.05) is 0 Å². The van der Waals surface area contributed by atoms with Gasteiger partial charge in [0.1, 0.15) is 6.17 Å². The number of hydrogen-bond donors (Lipinski definition) is 3. The summed E-state index contributed by atoms with van der Waals surface area (Å²) in [6.45, 7) is 1.90. The summed E-state index contributed by atoms with van der Waals surface area (Å²) in [7, 11) is 1.68. The Labute approximate surface area is 59.4 Å². The maximum absolute atomic E-state index is 5.41. The highest BCUT2D eigenvalue weighted by molar-refractivity contribution is 5.99. The number of rotatable bonds is 0. The fourth-order valence-corrected chi connectivity index (χ4v) is 0.749. The minimum atomic E-state index is 0.0138. The Balaban J connectivity index is 2.70. The van der Waals surface area contributed by atoms with E-state index in [-0.39, 0.29) is 6.17 Å². The third kappa shape index (κ3) is 1.37. The van der Waals surface area contributed by atoms with E-state index in [1.165, 1.54) is 0 Å². The van der Waals surface area contributed by atoms with Crippen LogP contribution >= 0.6 is 0 Å². The Morgan fingerprint density at radius 3 is 2.90 bits per heavy atom. The zero-order chi connectivity index (χ0) is 7.56. The van der Waals surface area contributed by atoms with Gasteiger partial charge < -0.3 is 11.1 Å². The first-order chi connectivity index (χ1) is 4.72. The first-order valence-electron chi connectivity index (χ1n) is 3.06. The summed E-state index contributed by atoms with van der Waals surface area (Å²) < 4.78 is 0. The van der Waals surface area contributed by atoms with Gasteiger partial charge in [-0.25, -0.2) is 4.99 Å². The first-order valence-corrected chi connectivity index (χ1v) is 3.06. The molecule has 1 rings (SSSR count). The molecule has 0 aromatic rings. The largest absolute Gasteiger partial charge is 0.370 e. The predicted molar refractivity (Wildman–Crippen MR) is 40.7 cm³/mol. The van der Waals surface area contributed by atoms with Crippen molar-refractivity contribution in [3.05, 3.63) is 0 Å². The standard InChI is InChI=1S/C5H11N5/c1-3-8-4(6)10-5(7-2)9-3/h3H,1-2H3,(H4,6,7,8,9,10). The molecule has 0 saturated heterocycles. The fraction of sp³-hybridized carbons (Fsp3) is 0.600. The number of aliphatic imine (C=N–C) groups is 2. The van der Waals surface area contributed by atoms with E-state index in [1.807, 2.05) is 6.92 Å². The first kappa shape index (κ1) is 6.85. The molecule has 0 amide bonds. The zero-order valence-corrected chi connectivity index (χ0v) is 6.05. The second-order valence-corrected chi connectivity index (χ2v) is 2.03. The maximum atomic E-state index is 5.41. The molecule has 1 atom stereocenters. The molecule has 56 valence electrons. The van der Waals surface area contributed by atoms with Crippen molar-refractivity contribution in [2.45, 2.75) is 13.1 Å². The number of nitrogens with two attached hydrogens (primary N) is 1. The molecule has 1 aliphatic rings. The molecule has 10 heavy (non-hydrogen) atoms. The summed E-state index contributed by atoms with van der Waals surface area (Å²) in [5.41, 5.74) is 5.41. The van der Waals surface area contributed by atoms with Crippen LogP contribution in [-0.2, 0) is 0 Å². The van der Waals surface area contributed by atoms with Crippen LogP contribution in [0.2, 0.25) is 0 Å². The number of nitrogens with zero attached hydrogens (tertiary/aromatic N) is 2. The van der Waals surface area contributed by atoms with Crippen LogP contribution in [0.1, 0.15) is 6.92 Å². The lowest BCUT2D eigenvalue weighted by molar-refractivity contribution is 0.666. The molecule has 1 heterocycles. The molecule has 0 radical (unpaired) electrons. The minimum absolute atomic E-state index is 0.0138. The van der Waals surface area contributed by atoms with Crippen LogP contribution in [-0.4, -0.2) is 25.1 Å². The summed E-state index contributed by atoms with van der Waals surface area (Å²) in [5, 5.41) is 5.73. The molecular formula is C5H11N5. The van der Waals surface area contributed by atoms with Gasteiger partial charge in [0.15, 0.2) is 11.9 Å². The van der Waals surface area contributed by atoms with E-state index < -0.39 is 0 Å². The van der Waals surface area contributed by atoms with Crippen molar-refractivity contribution < 1.29 is 0 Å². The Morgan fingerprint density at radius 1 is 1.70 bits per heavy atom. The molecule has 5 nitrogen and oxygen atoms in total. The zero-order valence-electron chi connectivity index (χ0n) is 6.05. The average molecular weight is 141 g/mol. The third-order valence-corrected chi connectivity index (χ3v) is 1.15. The number of guanidine groups is 2. The van der Waals surface area contributed by atoms with Crippen molar-refractivity contribution in [2.24, 2.45) is 15.7 Å². The lowest BCUT2D eigenvalue weighted by Gasteiger charge is -2.20.